The Morgan fingerprint density at radius 2 is 1.74 bits per heavy atom. The Balaban J connectivity index is 1.97. The number of anilines is 2. The van der Waals surface area contributed by atoms with E-state index in [2.05, 4.69) is 15.3 Å². The Bertz CT molecular complexity index is 770. The van der Waals surface area contributed by atoms with Gasteiger partial charge in [0.25, 0.3) is 5.91 Å². The van der Waals surface area contributed by atoms with Crippen LogP contribution in [0, 0.1) is 0 Å². The van der Waals surface area contributed by atoms with Crippen molar-refractivity contribution in [1.29, 1.82) is 0 Å². The van der Waals surface area contributed by atoms with Gasteiger partial charge in [-0.05, 0) is 12.1 Å². The minimum absolute atomic E-state index is 0.0922. The number of benzene rings is 1. The van der Waals surface area contributed by atoms with Crippen molar-refractivity contribution in [3.8, 4) is 0 Å². The summed E-state index contributed by atoms with van der Waals surface area (Å²) in [4.78, 5) is 31.0. The number of amides is 1. The van der Waals surface area contributed by atoms with Gasteiger partial charge in [0.05, 0.1) is 20.8 Å². The molecular formula is C13H9Cl3N4O3. The SMILES string of the molecule is Nc1nccnc1C(=O)OCC(=O)Nc1cc(Cl)c(Cl)cc1Cl. The van der Waals surface area contributed by atoms with E-state index in [1.807, 2.05) is 0 Å². The minimum atomic E-state index is -0.869. The number of nitrogens with two attached hydrogens (primary N) is 1. The van der Waals surface area contributed by atoms with Crippen molar-refractivity contribution in [2.75, 3.05) is 17.7 Å². The maximum absolute atomic E-state index is 11.8. The molecule has 0 atom stereocenters. The summed E-state index contributed by atoms with van der Waals surface area (Å²) in [5.41, 5.74) is 5.55. The quantitative estimate of drug-likeness (QED) is 0.628. The second-order valence-electron chi connectivity index (χ2n) is 4.16. The summed E-state index contributed by atoms with van der Waals surface area (Å²) < 4.78 is 4.80. The van der Waals surface area contributed by atoms with E-state index < -0.39 is 18.5 Å². The van der Waals surface area contributed by atoms with E-state index in [-0.39, 0.29) is 32.3 Å². The zero-order valence-corrected chi connectivity index (χ0v) is 13.6. The molecule has 1 heterocycles. The van der Waals surface area contributed by atoms with Gasteiger partial charge < -0.3 is 15.8 Å². The number of ether oxygens (including phenoxy) is 1. The maximum atomic E-state index is 11.8. The number of hydrogen-bond acceptors (Lipinski definition) is 6. The third kappa shape index (κ3) is 4.44. The Labute approximate surface area is 145 Å². The monoisotopic (exact) mass is 374 g/mol. The molecule has 0 aliphatic rings. The van der Waals surface area contributed by atoms with Gasteiger partial charge in [-0.3, -0.25) is 4.79 Å². The van der Waals surface area contributed by atoms with Crippen molar-refractivity contribution in [3.63, 3.8) is 0 Å². The molecule has 0 spiro atoms. The molecule has 2 rings (SSSR count). The van der Waals surface area contributed by atoms with E-state index in [4.69, 9.17) is 45.3 Å². The highest BCUT2D eigenvalue weighted by atomic mass is 35.5. The summed E-state index contributed by atoms with van der Waals surface area (Å²) in [6.45, 7) is -0.564. The molecule has 7 nitrogen and oxygen atoms in total. The van der Waals surface area contributed by atoms with Crippen molar-refractivity contribution in [2.24, 2.45) is 0 Å². The van der Waals surface area contributed by atoms with Gasteiger partial charge in [-0.25, -0.2) is 14.8 Å². The fourth-order valence-corrected chi connectivity index (χ4v) is 2.10. The van der Waals surface area contributed by atoms with Crippen LogP contribution in [0.25, 0.3) is 0 Å². The molecule has 1 aromatic heterocycles. The third-order valence-electron chi connectivity index (χ3n) is 2.54. The van der Waals surface area contributed by atoms with Crippen LogP contribution < -0.4 is 11.1 Å². The van der Waals surface area contributed by atoms with Crippen LogP contribution in [0.15, 0.2) is 24.5 Å². The zero-order chi connectivity index (χ0) is 17.0. The number of carbonyl (C=O) groups is 2. The lowest BCUT2D eigenvalue weighted by Crippen LogP contribution is -2.22. The number of nitrogens with one attached hydrogen (secondary N) is 1. The van der Waals surface area contributed by atoms with Crippen molar-refractivity contribution in [1.82, 2.24) is 9.97 Å². The molecule has 1 aromatic carbocycles. The lowest BCUT2D eigenvalue weighted by atomic mass is 10.3. The number of nitrogens with zero attached hydrogens (tertiary/aromatic N) is 2. The second kappa shape index (κ2) is 7.45. The number of rotatable bonds is 4. The highest BCUT2D eigenvalue weighted by Crippen LogP contribution is 2.32. The lowest BCUT2D eigenvalue weighted by Gasteiger charge is -2.09. The van der Waals surface area contributed by atoms with Crippen molar-refractivity contribution >= 4 is 58.2 Å². The predicted molar refractivity (Wildman–Crippen MR) is 86.8 cm³/mol. The van der Waals surface area contributed by atoms with Gasteiger partial charge in [0.2, 0.25) is 0 Å². The van der Waals surface area contributed by atoms with Gasteiger partial charge >= 0.3 is 5.97 Å². The first-order valence-electron chi connectivity index (χ1n) is 6.06. The van der Waals surface area contributed by atoms with Crippen LogP contribution in [0.1, 0.15) is 10.5 Å². The first kappa shape index (κ1) is 17.3. The van der Waals surface area contributed by atoms with E-state index in [9.17, 15) is 9.59 Å². The van der Waals surface area contributed by atoms with Crippen LogP contribution in [0.2, 0.25) is 15.1 Å². The number of esters is 1. The van der Waals surface area contributed by atoms with E-state index in [0.29, 0.717) is 0 Å². The second-order valence-corrected chi connectivity index (χ2v) is 5.38. The van der Waals surface area contributed by atoms with Gasteiger partial charge in [0, 0.05) is 12.4 Å². The van der Waals surface area contributed by atoms with E-state index in [0.717, 1.165) is 0 Å². The fourth-order valence-electron chi connectivity index (χ4n) is 1.51. The number of hydrogen-bond donors (Lipinski definition) is 2. The molecule has 10 heteroatoms. The molecule has 0 aliphatic heterocycles. The summed E-state index contributed by atoms with van der Waals surface area (Å²) in [5, 5.41) is 3.10. The van der Waals surface area contributed by atoms with E-state index >= 15 is 0 Å². The molecule has 0 aliphatic carbocycles. The molecule has 0 fully saturated rings. The molecule has 3 N–H and O–H groups in total. The highest BCUT2D eigenvalue weighted by Gasteiger charge is 2.16. The summed E-state index contributed by atoms with van der Waals surface area (Å²) in [5.74, 6) is -1.59. The molecule has 0 saturated heterocycles. The van der Waals surface area contributed by atoms with Crippen molar-refractivity contribution in [3.05, 3.63) is 45.3 Å². The first-order valence-corrected chi connectivity index (χ1v) is 7.20. The van der Waals surface area contributed by atoms with Crippen LogP contribution in [0.4, 0.5) is 11.5 Å². The summed E-state index contributed by atoms with van der Waals surface area (Å²) in [7, 11) is 0. The number of aromatic nitrogens is 2. The minimum Gasteiger partial charge on any atom is -0.451 e. The Kier molecular flexibility index (Phi) is 5.59. The first-order chi connectivity index (χ1) is 10.9. The molecule has 1 amide bonds. The fraction of sp³-hybridized carbons (Fsp3) is 0.0769. The molecule has 0 saturated carbocycles. The average Bonchev–Trinajstić information content (AvgIpc) is 2.51. The molecule has 0 unspecified atom stereocenters. The third-order valence-corrected chi connectivity index (χ3v) is 3.57. The topological polar surface area (TPSA) is 107 Å². The average molecular weight is 376 g/mol. The maximum Gasteiger partial charge on any atom is 0.361 e. The van der Waals surface area contributed by atoms with Gasteiger partial charge in [0.1, 0.15) is 0 Å². The summed E-state index contributed by atoms with van der Waals surface area (Å²) in [6, 6.07) is 2.76. The molecular weight excluding hydrogens is 367 g/mol. The van der Waals surface area contributed by atoms with Crippen LogP contribution in [-0.4, -0.2) is 28.5 Å². The van der Waals surface area contributed by atoms with Crippen LogP contribution >= 0.6 is 34.8 Å². The summed E-state index contributed by atoms with van der Waals surface area (Å²) >= 11 is 17.5. The number of nitrogen functional groups attached to an aromatic ring is 1. The van der Waals surface area contributed by atoms with Crippen LogP contribution in [0.5, 0.6) is 0 Å². The predicted octanol–water partition coefficient (Wildman–Crippen LogP) is 2.81. The van der Waals surface area contributed by atoms with Crippen molar-refractivity contribution < 1.29 is 14.3 Å². The Morgan fingerprint density at radius 3 is 2.43 bits per heavy atom. The molecule has 23 heavy (non-hydrogen) atoms. The zero-order valence-electron chi connectivity index (χ0n) is 11.3. The molecule has 2 aromatic rings. The van der Waals surface area contributed by atoms with Crippen molar-refractivity contribution in [2.45, 2.75) is 0 Å². The van der Waals surface area contributed by atoms with Gasteiger partial charge in [-0.15, -0.1) is 0 Å². The standard InChI is InChI=1S/C13H9Cl3N4O3/c14-6-3-8(16)9(4-7(6)15)20-10(21)5-23-13(22)11-12(17)19-2-1-18-11/h1-4H,5H2,(H2,17,19)(H,20,21). The Hall–Kier alpha value is -2.09. The molecule has 0 radical (unpaired) electrons. The largest absolute Gasteiger partial charge is 0.451 e. The normalized spacial score (nSPS) is 10.2. The van der Waals surface area contributed by atoms with Gasteiger partial charge in [-0.2, -0.15) is 0 Å². The van der Waals surface area contributed by atoms with Gasteiger partial charge in [-0.1, -0.05) is 34.8 Å². The molecule has 120 valence electrons. The number of halogens is 3. The van der Waals surface area contributed by atoms with Crippen LogP contribution in [0.3, 0.4) is 0 Å². The summed E-state index contributed by atoms with van der Waals surface area (Å²) in [6.07, 6.45) is 2.60. The van der Waals surface area contributed by atoms with Crippen LogP contribution in [-0.2, 0) is 9.53 Å². The lowest BCUT2D eigenvalue weighted by molar-refractivity contribution is -0.119. The highest BCUT2D eigenvalue weighted by molar-refractivity contribution is 6.44. The smallest absolute Gasteiger partial charge is 0.361 e. The van der Waals surface area contributed by atoms with E-state index in [1.165, 1.54) is 24.5 Å². The van der Waals surface area contributed by atoms with Gasteiger partial charge in [0.15, 0.2) is 18.1 Å². The number of carbonyl (C=O) groups excluding carboxylic acids is 2. The Morgan fingerprint density at radius 1 is 1.09 bits per heavy atom. The van der Waals surface area contributed by atoms with E-state index in [1.54, 1.807) is 0 Å². The molecule has 0 bridgehead atoms.